The number of benzene rings is 1. The Labute approximate surface area is 102 Å². The molecule has 1 atom stereocenters. The zero-order valence-electron chi connectivity index (χ0n) is 10.3. The van der Waals surface area contributed by atoms with Crippen LogP contribution in [0.3, 0.4) is 0 Å². The summed E-state index contributed by atoms with van der Waals surface area (Å²) in [4.78, 5) is 0. The molecule has 2 aromatic rings. The van der Waals surface area contributed by atoms with E-state index in [2.05, 4.69) is 30.2 Å². The Morgan fingerprint density at radius 1 is 1.41 bits per heavy atom. The van der Waals surface area contributed by atoms with Crippen LogP contribution in [-0.4, -0.2) is 21.5 Å². The average Bonchev–Trinajstić information content (AvgIpc) is 2.72. The van der Waals surface area contributed by atoms with Crippen LogP contribution in [-0.2, 0) is 13.5 Å². The van der Waals surface area contributed by atoms with Gasteiger partial charge in [-0.05, 0) is 24.5 Å². The van der Waals surface area contributed by atoms with E-state index in [4.69, 9.17) is 0 Å². The van der Waals surface area contributed by atoms with Crippen molar-refractivity contribution in [3.05, 3.63) is 53.3 Å². The average molecular weight is 230 g/mol. The maximum atomic E-state index is 9.51. The second-order valence-electron chi connectivity index (χ2n) is 4.52. The molecular formula is C14H18N2O. The fraction of sp³-hybridized carbons (Fsp3) is 0.357. The number of nitrogens with zero attached hydrogens (tertiary/aromatic N) is 2. The van der Waals surface area contributed by atoms with Gasteiger partial charge < -0.3 is 5.11 Å². The van der Waals surface area contributed by atoms with Crippen molar-refractivity contribution >= 4 is 0 Å². The molecular weight excluding hydrogens is 212 g/mol. The summed E-state index contributed by atoms with van der Waals surface area (Å²) in [6.07, 6.45) is 4.69. The minimum atomic E-state index is 0.152. The Hall–Kier alpha value is -1.61. The molecule has 0 spiro atoms. The van der Waals surface area contributed by atoms with Crippen molar-refractivity contribution in [2.24, 2.45) is 7.05 Å². The first-order valence-electron chi connectivity index (χ1n) is 5.84. The van der Waals surface area contributed by atoms with Gasteiger partial charge in [0.1, 0.15) is 0 Å². The lowest BCUT2D eigenvalue weighted by molar-refractivity contribution is 0.264. The number of aromatic nitrogens is 2. The molecule has 0 radical (unpaired) electrons. The molecule has 2 rings (SSSR count). The molecule has 17 heavy (non-hydrogen) atoms. The third kappa shape index (κ3) is 2.94. The maximum Gasteiger partial charge on any atom is 0.0521 e. The summed E-state index contributed by atoms with van der Waals surface area (Å²) in [5.74, 6) is 0.152. The van der Waals surface area contributed by atoms with E-state index in [1.165, 1.54) is 11.1 Å². The van der Waals surface area contributed by atoms with Crippen LogP contribution in [0.15, 0.2) is 36.7 Å². The molecule has 3 heteroatoms. The van der Waals surface area contributed by atoms with Gasteiger partial charge in [0, 0.05) is 19.2 Å². The summed E-state index contributed by atoms with van der Waals surface area (Å²) in [6, 6.07) is 8.32. The van der Waals surface area contributed by atoms with Gasteiger partial charge in [0.05, 0.1) is 12.8 Å². The van der Waals surface area contributed by atoms with Crippen molar-refractivity contribution in [1.82, 2.24) is 9.78 Å². The van der Waals surface area contributed by atoms with E-state index < -0.39 is 0 Å². The molecule has 3 nitrogen and oxygen atoms in total. The molecule has 1 aromatic carbocycles. The van der Waals surface area contributed by atoms with E-state index in [9.17, 15) is 5.11 Å². The Bertz CT molecular complexity index is 490. The van der Waals surface area contributed by atoms with Crippen molar-refractivity contribution < 1.29 is 5.11 Å². The minimum absolute atomic E-state index is 0.152. The summed E-state index contributed by atoms with van der Waals surface area (Å²) in [6.45, 7) is 2.24. The largest absolute Gasteiger partial charge is 0.396 e. The summed E-state index contributed by atoms with van der Waals surface area (Å²) >= 11 is 0. The van der Waals surface area contributed by atoms with Gasteiger partial charge in [-0.2, -0.15) is 5.10 Å². The predicted molar refractivity (Wildman–Crippen MR) is 67.9 cm³/mol. The molecule has 0 saturated heterocycles. The van der Waals surface area contributed by atoms with Crippen molar-refractivity contribution in [2.45, 2.75) is 19.3 Å². The van der Waals surface area contributed by atoms with Gasteiger partial charge in [0.2, 0.25) is 0 Å². The summed E-state index contributed by atoms with van der Waals surface area (Å²) in [5.41, 5.74) is 3.58. The van der Waals surface area contributed by atoms with E-state index in [1.54, 1.807) is 4.68 Å². The molecule has 1 heterocycles. The van der Waals surface area contributed by atoms with Crippen LogP contribution in [0.4, 0.5) is 0 Å². The third-order valence-corrected chi connectivity index (χ3v) is 2.97. The Kier molecular flexibility index (Phi) is 3.59. The second-order valence-corrected chi connectivity index (χ2v) is 4.52. The summed E-state index contributed by atoms with van der Waals surface area (Å²) < 4.78 is 1.79. The van der Waals surface area contributed by atoms with Crippen LogP contribution in [0, 0.1) is 6.92 Å². The highest BCUT2D eigenvalue weighted by Crippen LogP contribution is 2.21. The van der Waals surface area contributed by atoms with Crippen LogP contribution in [0.1, 0.15) is 22.6 Å². The van der Waals surface area contributed by atoms with E-state index in [1.807, 2.05) is 25.5 Å². The lowest BCUT2D eigenvalue weighted by Crippen LogP contribution is -2.07. The van der Waals surface area contributed by atoms with Crippen LogP contribution in [0.5, 0.6) is 0 Å². The summed E-state index contributed by atoms with van der Waals surface area (Å²) in [7, 11) is 1.91. The van der Waals surface area contributed by atoms with E-state index in [0.717, 1.165) is 12.0 Å². The number of aliphatic hydroxyl groups is 1. The fourth-order valence-corrected chi connectivity index (χ4v) is 2.07. The predicted octanol–water partition coefficient (Wildman–Crippen LogP) is 2.05. The highest BCUT2D eigenvalue weighted by molar-refractivity contribution is 5.27. The molecule has 90 valence electrons. The SMILES string of the molecule is Cc1cccc(C(CO)Cc2cnn(C)c2)c1. The van der Waals surface area contributed by atoms with Gasteiger partial charge in [-0.25, -0.2) is 0 Å². The van der Waals surface area contributed by atoms with Crippen LogP contribution in [0.25, 0.3) is 0 Å². The zero-order chi connectivity index (χ0) is 12.3. The van der Waals surface area contributed by atoms with Crippen LogP contribution >= 0.6 is 0 Å². The molecule has 1 aromatic heterocycles. The minimum Gasteiger partial charge on any atom is -0.396 e. The quantitative estimate of drug-likeness (QED) is 0.873. The van der Waals surface area contributed by atoms with E-state index in [0.29, 0.717) is 0 Å². The van der Waals surface area contributed by atoms with Gasteiger partial charge in [0.25, 0.3) is 0 Å². The van der Waals surface area contributed by atoms with Crippen molar-refractivity contribution in [1.29, 1.82) is 0 Å². The standard InChI is InChI=1S/C14H18N2O/c1-11-4-3-5-13(6-11)14(10-17)7-12-8-15-16(2)9-12/h3-6,8-9,14,17H,7,10H2,1-2H3. The van der Waals surface area contributed by atoms with Gasteiger partial charge in [-0.1, -0.05) is 29.8 Å². The van der Waals surface area contributed by atoms with Gasteiger partial charge in [0.15, 0.2) is 0 Å². The van der Waals surface area contributed by atoms with E-state index in [-0.39, 0.29) is 12.5 Å². The van der Waals surface area contributed by atoms with Crippen LogP contribution in [0.2, 0.25) is 0 Å². The smallest absolute Gasteiger partial charge is 0.0521 e. The first-order chi connectivity index (χ1) is 8.19. The van der Waals surface area contributed by atoms with Crippen molar-refractivity contribution in [2.75, 3.05) is 6.61 Å². The Morgan fingerprint density at radius 3 is 2.82 bits per heavy atom. The highest BCUT2D eigenvalue weighted by atomic mass is 16.3. The molecule has 0 saturated carbocycles. The van der Waals surface area contributed by atoms with Gasteiger partial charge in [-0.3, -0.25) is 4.68 Å². The maximum absolute atomic E-state index is 9.51. The third-order valence-electron chi connectivity index (χ3n) is 2.97. The van der Waals surface area contributed by atoms with Crippen LogP contribution < -0.4 is 0 Å². The number of aryl methyl sites for hydroxylation is 2. The zero-order valence-corrected chi connectivity index (χ0v) is 10.3. The normalized spacial score (nSPS) is 12.6. The topological polar surface area (TPSA) is 38.1 Å². The lowest BCUT2D eigenvalue weighted by atomic mass is 9.93. The first-order valence-corrected chi connectivity index (χ1v) is 5.84. The Morgan fingerprint density at radius 2 is 2.24 bits per heavy atom. The van der Waals surface area contributed by atoms with E-state index >= 15 is 0 Å². The lowest BCUT2D eigenvalue weighted by Gasteiger charge is -2.14. The highest BCUT2D eigenvalue weighted by Gasteiger charge is 2.12. The number of hydrogen-bond acceptors (Lipinski definition) is 2. The number of rotatable bonds is 4. The molecule has 0 aliphatic heterocycles. The van der Waals surface area contributed by atoms with Crippen molar-refractivity contribution in [3.63, 3.8) is 0 Å². The molecule has 1 unspecified atom stereocenters. The van der Waals surface area contributed by atoms with Gasteiger partial charge >= 0.3 is 0 Å². The number of aliphatic hydroxyl groups excluding tert-OH is 1. The monoisotopic (exact) mass is 230 g/mol. The second kappa shape index (κ2) is 5.15. The fourth-order valence-electron chi connectivity index (χ4n) is 2.07. The first kappa shape index (κ1) is 11.9. The molecule has 0 aliphatic carbocycles. The molecule has 0 fully saturated rings. The Balaban J connectivity index is 2.16. The number of hydrogen-bond donors (Lipinski definition) is 1. The molecule has 1 N–H and O–H groups in total. The van der Waals surface area contributed by atoms with Gasteiger partial charge in [-0.15, -0.1) is 0 Å². The molecule has 0 aliphatic rings. The molecule has 0 amide bonds. The summed E-state index contributed by atoms with van der Waals surface area (Å²) in [5, 5.41) is 13.7. The van der Waals surface area contributed by atoms with Crippen molar-refractivity contribution in [3.8, 4) is 0 Å². The molecule has 0 bridgehead atoms.